The molecular weight excluding hydrogens is 588 g/mol. The molecule has 5 rings (SSSR count). The van der Waals surface area contributed by atoms with Gasteiger partial charge in [-0.25, -0.2) is 28.0 Å². The molecule has 2 aromatic heterocycles. The van der Waals surface area contributed by atoms with Gasteiger partial charge >= 0.3 is 5.97 Å². The number of aryl methyl sites for hydroxylation is 1. The molecule has 8 nitrogen and oxygen atoms in total. The number of rotatable bonds is 9. The number of esters is 1. The van der Waals surface area contributed by atoms with Crippen LogP contribution in [0.5, 0.6) is 0 Å². The van der Waals surface area contributed by atoms with Crippen LogP contribution in [0.3, 0.4) is 0 Å². The lowest BCUT2D eigenvalue weighted by atomic mass is 9.96. The molecule has 0 spiro atoms. The van der Waals surface area contributed by atoms with Crippen molar-refractivity contribution in [2.24, 2.45) is 11.1 Å². The van der Waals surface area contributed by atoms with Crippen LogP contribution in [0.15, 0.2) is 57.2 Å². The largest absolute Gasteiger partial charge is 0.461 e. The van der Waals surface area contributed by atoms with Crippen molar-refractivity contribution in [2.45, 2.75) is 44.4 Å². The van der Waals surface area contributed by atoms with Crippen LogP contribution in [0.2, 0.25) is 0 Å². The summed E-state index contributed by atoms with van der Waals surface area (Å²) >= 11 is 4.97. The summed E-state index contributed by atoms with van der Waals surface area (Å²) in [6, 6.07) is 12.8. The number of carbonyl (C=O) groups excluding carboxylic acids is 1. The quantitative estimate of drug-likeness (QED) is 0.251. The minimum absolute atomic E-state index is 0.0762. The average Bonchev–Trinajstić information content (AvgIpc) is 3.41. The predicted molar refractivity (Wildman–Crippen MR) is 150 cm³/mol. The summed E-state index contributed by atoms with van der Waals surface area (Å²) in [5, 5.41) is 12.7. The molecule has 0 radical (unpaired) electrons. The van der Waals surface area contributed by atoms with Crippen LogP contribution in [0.1, 0.15) is 52.6 Å². The van der Waals surface area contributed by atoms with E-state index in [0.717, 1.165) is 57.4 Å². The number of halogens is 1. The van der Waals surface area contributed by atoms with Gasteiger partial charge in [0.1, 0.15) is 0 Å². The highest BCUT2D eigenvalue weighted by atomic mass is 79.9. The first-order valence-electron chi connectivity index (χ1n) is 12.3. The highest BCUT2D eigenvalue weighted by Gasteiger charge is 2.29. The van der Waals surface area contributed by atoms with Gasteiger partial charge in [-0.2, -0.15) is 5.10 Å². The molecule has 1 aliphatic carbocycles. The Balaban J connectivity index is 1.65. The zero-order valence-corrected chi connectivity index (χ0v) is 24.2. The summed E-state index contributed by atoms with van der Waals surface area (Å²) < 4.78 is 31.5. The third kappa shape index (κ3) is 5.90. The van der Waals surface area contributed by atoms with Crippen molar-refractivity contribution in [1.29, 1.82) is 0 Å². The highest BCUT2D eigenvalue weighted by Crippen LogP contribution is 2.38. The van der Waals surface area contributed by atoms with E-state index in [-0.39, 0.29) is 17.2 Å². The Morgan fingerprint density at radius 1 is 1.21 bits per heavy atom. The number of thiazole rings is 1. The summed E-state index contributed by atoms with van der Waals surface area (Å²) in [5.74, 6) is 0.111. The van der Waals surface area contributed by atoms with Crippen LogP contribution < -0.4 is 5.14 Å². The van der Waals surface area contributed by atoms with Crippen LogP contribution in [-0.2, 0) is 27.6 Å². The number of nitrogens with two attached hydrogens (primary N) is 1. The first-order valence-corrected chi connectivity index (χ1v) is 15.5. The van der Waals surface area contributed by atoms with Crippen molar-refractivity contribution >= 4 is 43.3 Å². The molecule has 4 aromatic rings. The molecule has 0 saturated heterocycles. The van der Waals surface area contributed by atoms with E-state index in [1.54, 1.807) is 24.4 Å². The molecule has 11 heteroatoms. The van der Waals surface area contributed by atoms with Gasteiger partial charge in [-0.05, 0) is 80.5 Å². The first kappa shape index (κ1) is 26.7. The number of carbonyl (C=O) groups is 1. The van der Waals surface area contributed by atoms with Gasteiger partial charge in [0, 0.05) is 27.4 Å². The van der Waals surface area contributed by atoms with Crippen molar-refractivity contribution in [3.8, 4) is 16.4 Å². The van der Waals surface area contributed by atoms with Crippen molar-refractivity contribution < 1.29 is 17.9 Å². The molecule has 0 unspecified atom stereocenters. The van der Waals surface area contributed by atoms with Gasteiger partial charge in [-0.3, -0.25) is 0 Å². The third-order valence-corrected chi connectivity index (χ3v) is 8.58. The van der Waals surface area contributed by atoms with Gasteiger partial charge in [0.25, 0.3) is 0 Å². The summed E-state index contributed by atoms with van der Waals surface area (Å²) in [6.07, 6.45) is 3.69. The van der Waals surface area contributed by atoms with E-state index in [0.29, 0.717) is 17.5 Å². The molecule has 38 heavy (non-hydrogen) atoms. The van der Waals surface area contributed by atoms with E-state index in [2.05, 4.69) is 27.0 Å². The summed E-state index contributed by atoms with van der Waals surface area (Å²) in [4.78, 5) is 17.0. The maximum absolute atomic E-state index is 12.3. The average molecular weight is 616 g/mol. The van der Waals surface area contributed by atoms with Crippen molar-refractivity contribution in [3.05, 3.63) is 80.4 Å². The van der Waals surface area contributed by atoms with Crippen molar-refractivity contribution in [3.63, 3.8) is 0 Å². The number of aromatic nitrogens is 3. The van der Waals surface area contributed by atoms with E-state index in [1.165, 1.54) is 23.5 Å². The summed E-state index contributed by atoms with van der Waals surface area (Å²) in [7, 11) is -3.78. The minimum Gasteiger partial charge on any atom is -0.461 e. The fraction of sp³-hybridized carbons (Fsp3) is 0.296. The fourth-order valence-corrected chi connectivity index (χ4v) is 6.29. The third-order valence-electron chi connectivity index (χ3n) is 6.37. The molecule has 2 N–H and O–H groups in total. The molecule has 2 heterocycles. The topological polar surface area (TPSA) is 117 Å². The van der Waals surface area contributed by atoms with Gasteiger partial charge in [0.15, 0.2) is 5.69 Å². The Hall–Kier alpha value is -2.86. The predicted octanol–water partition coefficient (Wildman–Crippen LogP) is 5.43. The summed E-state index contributed by atoms with van der Waals surface area (Å²) in [6.45, 7) is 4.08. The first-order chi connectivity index (χ1) is 18.1. The molecule has 0 atom stereocenters. The number of primary sulfonamides is 1. The maximum Gasteiger partial charge on any atom is 0.357 e. The Morgan fingerprint density at radius 3 is 2.58 bits per heavy atom. The molecule has 0 aliphatic heterocycles. The molecule has 1 saturated carbocycles. The van der Waals surface area contributed by atoms with Crippen LogP contribution in [0.25, 0.3) is 16.4 Å². The normalized spacial score (nSPS) is 13.6. The number of ether oxygens (including phenoxy) is 1. The number of hydrogen-bond donors (Lipinski definition) is 1. The highest BCUT2D eigenvalue weighted by molar-refractivity contribution is 9.10. The smallest absolute Gasteiger partial charge is 0.357 e. The zero-order chi connectivity index (χ0) is 27.0. The van der Waals surface area contributed by atoms with Crippen molar-refractivity contribution in [2.75, 3.05) is 6.61 Å². The van der Waals surface area contributed by atoms with Gasteiger partial charge in [0.05, 0.1) is 22.9 Å². The van der Waals surface area contributed by atoms with Crippen LogP contribution in [0, 0.1) is 12.8 Å². The van der Waals surface area contributed by atoms with Crippen LogP contribution in [-0.4, -0.2) is 35.8 Å². The second-order valence-corrected chi connectivity index (χ2v) is 12.8. The number of nitrogens with zero attached hydrogens (tertiary/aromatic N) is 3. The Kier molecular flexibility index (Phi) is 7.54. The molecular formula is C27H27BrN4O4S2. The molecule has 198 valence electrons. The van der Waals surface area contributed by atoms with E-state index < -0.39 is 16.0 Å². The molecule has 1 aliphatic rings. The van der Waals surface area contributed by atoms with Gasteiger partial charge < -0.3 is 4.74 Å². The lowest BCUT2D eigenvalue weighted by molar-refractivity contribution is 0.0520. The molecule has 0 amide bonds. The lowest BCUT2D eigenvalue weighted by Crippen LogP contribution is -2.12. The van der Waals surface area contributed by atoms with Gasteiger partial charge in [-0.1, -0.05) is 28.1 Å². The number of hydrogen-bond acceptors (Lipinski definition) is 7. The maximum atomic E-state index is 12.3. The Labute approximate surface area is 234 Å². The number of sulfonamides is 1. The lowest BCUT2D eigenvalue weighted by Gasteiger charge is -2.10. The second kappa shape index (κ2) is 10.7. The Bertz CT molecular complexity index is 1590. The van der Waals surface area contributed by atoms with E-state index in [9.17, 15) is 13.2 Å². The van der Waals surface area contributed by atoms with Gasteiger partial charge in [0.2, 0.25) is 15.2 Å². The van der Waals surface area contributed by atoms with E-state index in [4.69, 9.17) is 15.0 Å². The van der Waals surface area contributed by atoms with E-state index in [1.807, 2.05) is 23.7 Å². The van der Waals surface area contributed by atoms with Crippen LogP contribution >= 0.6 is 27.3 Å². The molecule has 0 bridgehead atoms. The standard InChI is InChI=1S/C27H27BrN4O4S2/c1-3-36-26(33)23-15-37-27(30-23)32-24(13-18-4-5-18)22(12-17-6-8-21(9-7-17)38(29,34)35)25(31-32)19-10-16(2)11-20(28)14-19/h6-11,14-15,18H,3-5,12-13H2,1-2H3,(H2,29,34,35). The van der Waals surface area contributed by atoms with Gasteiger partial charge in [-0.15, -0.1) is 11.3 Å². The fourth-order valence-electron chi connectivity index (χ4n) is 4.40. The monoisotopic (exact) mass is 614 g/mol. The minimum atomic E-state index is -3.78. The number of benzene rings is 2. The van der Waals surface area contributed by atoms with Crippen molar-refractivity contribution in [1.82, 2.24) is 14.8 Å². The van der Waals surface area contributed by atoms with E-state index >= 15 is 0 Å². The molecule has 1 fully saturated rings. The Morgan fingerprint density at radius 2 is 1.95 bits per heavy atom. The SMILES string of the molecule is CCOC(=O)c1csc(-n2nc(-c3cc(C)cc(Br)c3)c(Cc3ccc(S(N)(=O)=O)cc3)c2CC2CC2)n1. The summed E-state index contributed by atoms with van der Waals surface area (Å²) in [5.41, 5.74) is 6.17. The second-order valence-electron chi connectivity index (χ2n) is 9.45. The van der Waals surface area contributed by atoms with Crippen LogP contribution in [0.4, 0.5) is 0 Å². The zero-order valence-electron chi connectivity index (χ0n) is 21.0. The molecule has 2 aromatic carbocycles.